The number of nitrogens with zero attached hydrogens (tertiary/aromatic N) is 1. The van der Waals surface area contributed by atoms with Crippen molar-refractivity contribution >= 4 is 21.8 Å². The van der Waals surface area contributed by atoms with Crippen LogP contribution in [0.2, 0.25) is 0 Å². The number of likely N-dealkylation sites (tertiary alicyclic amines) is 1. The number of piperidine rings is 1. The third kappa shape index (κ3) is 2.73. The van der Waals surface area contributed by atoms with Crippen LogP contribution >= 0.6 is 0 Å². The first kappa shape index (κ1) is 14.7. The van der Waals surface area contributed by atoms with E-state index in [9.17, 15) is 18.0 Å². The standard InChI is InChI=1S/C13H16N2O4S/c1-9-5-3-4-6-11(9)20(18,19)14-10-7-8-12(16)15(2)13(10)17/h3-6,10,14H,7-8H2,1-2H3. The molecule has 1 aliphatic rings. The highest BCUT2D eigenvalue weighted by atomic mass is 32.2. The van der Waals surface area contributed by atoms with E-state index in [4.69, 9.17) is 0 Å². The lowest BCUT2D eigenvalue weighted by Crippen LogP contribution is -2.52. The fourth-order valence-corrected chi connectivity index (χ4v) is 3.60. The van der Waals surface area contributed by atoms with Crippen molar-refractivity contribution in [3.05, 3.63) is 29.8 Å². The second-order valence-electron chi connectivity index (χ2n) is 4.77. The predicted octanol–water partition coefficient (Wildman–Crippen LogP) is 0.421. The largest absolute Gasteiger partial charge is 0.284 e. The van der Waals surface area contributed by atoms with Gasteiger partial charge in [-0.15, -0.1) is 0 Å². The molecule has 7 heteroatoms. The van der Waals surface area contributed by atoms with Gasteiger partial charge in [0.15, 0.2) is 0 Å². The molecule has 2 rings (SSSR count). The van der Waals surface area contributed by atoms with E-state index in [0.29, 0.717) is 5.56 Å². The number of rotatable bonds is 3. The summed E-state index contributed by atoms with van der Waals surface area (Å²) in [5, 5.41) is 0. The summed E-state index contributed by atoms with van der Waals surface area (Å²) in [4.78, 5) is 24.4. The summed E-state index contributed by atoms with van der Waals surface area (Å²) in [6, 6.07) is 5.65. The average molecular weight is 296 g/mol. The maximum Gasteiger partial charge on any atom is 0.247 e. The Morgan fingerprint density at radius 1 is 1.25 bits per heavy atom. The molecule has 1 atom stereocenters. The van der Waals surface area contributed by atoms with Crippen LogP contribution in [0.25, 0.3) is 0 Å². The van der Waals surface area contributed by atoms with Gasteiger partial charge in [-0.2, -0.15) is 4.72 Å². The first-order valence-electron chi connectivity index (χ1n) is 6.21. The molecule has 108 valence electrons. The Balaban J connectivity index is 2.24. The molecule has 0 aliphatic carbocycles. The minimum atomic E-state index is -3.77. The van der Waals surface area contributed by atoms with Gasteiger partial charge in [-0.1, -0.05) is 18.2 Å². The summed E-state index contributed by atoms with van der Waals surface area (Å²) in [5.74, 6) is -0.806. The maximum absolute atomic E-state index is 12.3. The van der Waals surface area contributed by atoms with Crippen molar-refractivity contribution in [2.45, 2.75) is 30.7 Å². The molecule has 0 saturated carbocycles. The Morgan fingerprint density at radius 3 is 2.55 bits per heavy atom. The molecule has 0 spiro atoms. The van der Waals surface area contributed by atoms with E-state index >= 15 is 0 Å². The summed E-state index contributed by atoms with van der Waals surface area (Å²) in [5.41, 5.74) is 0.604. The molecule has 20 heavy (non-hydrogen) atoms. The van der Waals surface area contributed by atoms with Crippen molar-refractivity contribution in [2.75, 3.05) is 7.05 Å². The SMILES string of the molecule is Cc1ccccc1S(=O)(=O)NC1CCC(=O)N(C)C1=O. The van der Waals surface area contributed by atoms with Crippen molar-refractivity contribution in [2.24, 2.45) is 0 Å². The van der Waals surface area contributed by atoms with Crippen LogP contribution in [0, 0.1) is 6.92 Å². The van der Waals surface area contributed by atoms with Crippen LogP contribution in [0.15, 0.2) is 29.2 Å². The number of benzene rings is 1. The number of likely N-dealkylation sites (N-methyl/N-ethyl adjacent to an activating group) is 1. The molecule has 1 heterocycles. The molecule has 2 amide bonds. The van der Waals surface area contributed by atoms with Crippen molar-refractivity contribution in [1.82, 2.24) is 9.62 Å². The molecule has 0 bridgehead atoms. The molecule has 1 aliphatic heterocycles. The van der Waals surface area contributed by atoms with Crippen LogP contribution in [0.4, 0.5) is 0 Å². The zero-order valence-electron chi connectivity index (χ0n) is 11.3. The van der Waals surface area contributed by atoms with E-state index in [1.54, 1.807) is 25.1 Å². The van der Waals surface area contributed by atoms with Crippen molar-refractivity contribution < 1.29 is 18.0 Å². The smallest absolute Gasteiger partial charge is 0.247 e. The van der Waals surface area contributed by atoms with Crippen LogP contribution in [-0.2, 0) is 19.6 Å². The summed E-state index contributed by atoms with van der Waals surface area (Å²) < 4.78 is 27.0. The predicted molar refractivity (Wildman–Crippen MR) is 72.3 cm³/mol. The van der Waals surface area contributed by atoms with Gasteiger partial charge in [-0.3, -0.25) is 14.5 Å². The summed E-state index contributed by atoms with van der Waals surface area (Å²) in [7, 11) is -2.41. The number of hydrogen-bond acceptors (Lipinski definition) is 4. The molecule has 0 aromatic heterocycles. The maximum atomic E-state index is 12.3. The summed E-state index contributed by atoms with van der Waals surface area (Å²) in [6.07, 6.45) is 0.344. The first-order valence-corrected chi connectivity index (χ1v) is 7.69. The van der Waals surface area contributed by atoms with Crippen LogP contribution in [0.1, 0.15) is 18.4 Å². The molecule has 1 saturated heterocycles. The monoisotopic (exact) mass is 296 g/mol. The van der Waals surface area contributed by atoms with Gasteiger partial charge in [0.1, 0.15) is 6.04 Å². The van der Waals surface area contributed by atoms with Gasteiger partial charge in [-0.25, -0.2) is 8.42 Å². The molecule has 1 aromatic rings. The molecule has 6 nitrogen and oxygen atoms in total. The van der Waals surface area contributed by atoms with E-state index in [1.807, 2.05) is 0 Å². The molecule has 0 radical (unpaired) electrons. The van der Waals surface area contributed by atoms with Crippen LogP contribution in [0.5, 0.6) is 0 Å². The molecule has 1 unspecified atom stereocenters. The van der Waals surface area contributed by atoms with Gasteiger partial charge in [0.25, 0.3) is 0 Å². The lowest BCUT2D eigenvalue weighted by molar-refractivity contribution is -0.147. The van der Waals surface area contributed by atoms with Crippen LogP contribution in [-0.4, -0.2) is 38.2 Å². The van der Waals surface area contributed by atoms with Gasteiger partial charge < -0.3 is 0 Å². The zero-order valence-corrected chi connectivity index (χ0v) is 12.1. The normalized spacial score (nSPS) is 20.3. The molecule has 1 fully saturated rings. The Bertz CT molecular complexity index is 654. The van der Waals surface area contributed by atoms with Gasteiger partial charge in [-0.05, 0) is 25.0 Å². The van der Waals surface area contributed by atoms with E-state index in [-0.39, 0.29) is 23.6 Å². The van der Waals surface area contributed by atoms with Crippen molar-refractivity contribution in [3.63, 3.8) is 0 Å². The number of nitrogens with one attached hydrogen (secondary N) is 1. The minimum absolute atomic E-state index is 0.146. The first-order chi connectivity index (χ1) is 9.33. The number of hydrogen-bond donors (Lipinski definition) is 1. The highest BCUT2D eigenvalue weighted by Crippen LogP contribution is 2.18. The van der Waals surface area contributed by atoms with Crippen LogP contribution in [0.3, 0.4) is 0 Å². The Morgan fingerprint density at radius 2 is 1.90 bits per heavy atom. The van der Waals surface area contributed by atoms with Gasteiger partial charge >= 0.3 is 0 Å². The fraction of sp³-hybridized carbons (Fsp3) is 0.385. The third-order valence-corrected chi connectivity index (χ3v) is 4.96. The van der Waals surface area contributed by atoms with E-state index < -0.39 is 22.0 Å². The number of carbonyl (C=O) groups excluding carboxylic acids is 2. The number of sulfonamides is 1. The Hall–Kier alpha value is -1.73. The number of carbonyl (C=O) groups is 2. The second-order valence-corrected chi connectivity index (χ2v) is 6.45. The lowest BCUT2D eigenvalue weighted by Gasteiger charge is -2.28. The molecule has 1 aromatic carbocycles. The molecular formula is C13H16N2O4S. The van der Waals surface area contributed by atoms with E-state index in [2.05, 4.69) is 4.72 Å². The van der Waals surface area contributed by atoms with Gasteiger partial charge in [0.2, 0.25) is 21.8 Å². The summed E-state index contributed by atoms with van der Waals surface area (Å²) in [6.45, 7) is 1.69. The van der Waals surface area contributed by atoms with Crippen LogP contribution < -0.4 is 4.72 Å². The highest BCUT2D eigenvalue weighted by molar-refractivity contribution is 7.89. The highest BCUT2D eigenvalue weighted by Gasteiger charge is 2.34. The van der Waals surface area contributed by atoms with Gasteiger partial charge in [0, 0.05) is 13.5 Å². The Labute approximate surface area is 117 Å². The van der Waals surface area contributed by atoms with E-state index in [1.165, 1.54) is 13.1 Å². The summed E-state index contributed by atoms with van der Waals surface area (Å²) >= 11 is 0. The van der Waals surface area contributed by atoms with E-state index in [0.717, 1.165) is 4.90 Å². The molecule has 1 N–H and O–H groups in total. The number of aryl methyl sites for hydroxylation is 1. The topological polar surface area (TPSA) is 83.6 Å². The quantitative estimate of drug-likeness (QED) is 0.819. The lowest BCUT2D eigenvalue weighted by atomic mass is 10.1. The third-order valence-electron chi connectivity index (χ3n) is 3.33. The minimum Gasteiger partial charge on any atom is -0.284 e. The average Bonchev–Trinajstić information content (AvgIpc) is 2.40. The zero-order chi connectivity index (χ0) is 14.9. The second kappa shape index (κ2) is 5.34. The Kier molecular flexibility index (Phi) is 3.92. The molecular weight excluding hydrogens is 280 g/mol. The number of amides is 2. The fourth-order valence-electron chi connectivity index (χ4n) is 2.13. The van der Waals surface area contributed by atoms with Crippen molar-refractivity contribution in [3.8, 4) is 0 Å². The van der Waals surface area contributed by atoms with Crippen molar-refractivity contribution in [1.29, 1.82) is 0 Å². The number of imide groups is 1. The van der Waals surface area contributed by atoms with Gasteiger partial charge in [0.05, 0.1) is 4.90 Å².